The van der Waals surface area contributed by atoms with Crippen LogP contribution in [0.5, 0.6) is 0 Å². The summed E-state index contributed by atoms with van der Waals surface area (Å²) >= 11 is 0. The van der Waals surface area contributed by atoms with Gasteiger partial charge in [0.2, 0.25) is 0 Å². The van der Waals surface area contributed by atoms with Crippen molar-refractivity contribution in [2.45, 2.75) is 77.8 Å². The third-order valence-corrected chi connectivity index (χ3v) is 8.07. The Morgan fingerprint density at radius 2 is 1.92 bits per heavy atom. The third kappa shape index (κ3) is 1.83. The van der Waals surface area contributed by atoms with Crippen molar-refractivity contribution >= 4 is 0 Å². The zero-order valence-corrected chi connectivity index (χ0v) is 15.4. The summed E-state index contributed by atoms with van der Waals surface area (Å²) in [6.07, 6.45) is 3.82. The fourth-order valence-corrected chi connectivity index (χ4v) is 6.43. The number of fused-ring (bicyclic) bond motifs is 6. The summed E-state index contributed by atoms with van der Waals surface area (Å²) in [6, 6.07) is 0. The molecule has 0 aromatic carbocycles. The van der Waals surface area contributed by atoms with Crippen molar-refractivity contribution in [1.29, 1.82) is 0 Å². The first-order chi connectivity index (χ1) is 11.2. The van der Waals surface area contributed by atoms with Gasteiger partial charge in [0, 0.05) is 11.3 Å². The summed E-state index contributed by atoms with van der Waals surface area (Å²) in [5.41, 5.74) is 2.86. The molecule has 0 radical (unpaired) electrons. The lowest BCUT2D eigenvalue weighted by Gasteiger charge is -2.58. The van der Waals surface area contributed by atoms with Crippen molar-refractivity contribution in [3.05, 3.63) is 11.1 Å². The van der Waals surface area contributed by atoms with E-state index in [-0.39, 0.29) is 30.0 Å². The molecule has 1 saturated carbocycles. The molecule has 0 aromatic rings. The maximum Gasteiger partial charge on any atom is 0.198 e. The third-order valence-electron chi connectivity index (χ3n) is 8.07. The van der Waals surface area contributed by atoms with Crippen molar-refractivity contribution in [2.24, 2.45) is 28.6 Å². The van der Waals surface area contributed by atoms with Gasteiger partial charge in [0.15, 0.2) is 5.79 Å². The highest BCUT2D eigenvalue weighted by Crippen LogP contribution is 2.68. The van der Waals surface area contributed by atoms with Crippen molar-refractivity contribution in [3.8, 4) is 0 Å². The molecule has 4 rings (SSSR count). The molecule has 2 heterocycles. The van der Waals surface area contributed by atoms with Crippen LogP contribution in [-0.4, -0.2) is 39.9 Å². The zero-order chi connectivity index (χ0) is 17.5. The molecular weight excluding hydrogens is 304 g/mol. The van der Waals surface area contributed by atoms with Gasteiger partial charge in [-0.25, -0.2) is 0 Å². The number of aliphatic hydroxyl groups excluding tert-OH is 2. The quantitative estimate of drug-likeness (QED) is 0.678. The topological polar surface area (TPSA) is 69.9 Å². The number of hydrogen-bond donors (Lipinski definition) is 3. The summed E-state index contributed by atoms with van der Waals surface area (Å²) in [6.45, 7) is 8.89. The minimum atomic E-state index is -1.53. The van der Waals surface area contributed by atoms with E-state index in [0.717, 1.165) is 25.7 Å². The molecule has 0 spiro atoms. The van der Waals surface area contributed by atoms with Gasteiger partial charge in [-0.15, -0.1) is 0 Å². The SMILES string of the molecule is CC(C)C1=C2C3CC4OC(O)(C(O)C4CO)C3(C)CCC2(C)CC1. The van der Waals surface area contributed by atoms with E-state index in [2.05, 4.69) is 27.7 Å². The molecule has 0 amide bonds. The Balaban J connectivity index is 1.85. The highest BCUT2D eigenvalue weighted by Gasteiger charge is 2.71. The maximum absolute atomic E-state index is 11.4. The van der Waals surface area contributed by atoms with E-state index in [9.17, 15) is 15.3 Å². The lowest BCUT2D eigenvalue weighted by atomic mass is 9.52. The molecule has 2 aliphatic carbocycles. The van der Waals surface area contributed by atoms with Crippen LogP contribution >= 0.6 is 0 Å². The predicted octanol–water partition coefficient (Wildman–Crippen LogP) is 2.62. The van der Waals surface area contributed by atoms with Crippen LogP contribution < -0.4 is 0 Å². The number of rotatable bonds is 2. The summed E-state index contributed by atoms with van der Waals surface area (Å²) in [4.78, 5) is 0. The van der Waals surface area contributed by atoms with Crippen molar-refractivity contribution in [2.75, 3.05) is 6.61 Å². The van der Waals surface area contributed by atoms with Crippen molar-refractivity contribution in [3.63, 3.8) is 0 Å². The summed E-state index contributed by atoms with van der Waals surface area (Å²) in [5, 5.41) is 31.9. The Morgan fingerprint density at radius 3 is 2.54 bits per heavy atom. The van der Waals surface area contributed by atoms with Gasteiger partial charge >= 0.3 is 0 Å². The second-order valence-corrected chi connectivity index (χ2v) is 9.50. The molecule has 136 valence electrons. The van der Waals surface area contributed by atoms with Crippen LogP contribution in [0.3, 0.4) is 0 Å². The molecule has 4 heteroatoms. The molecule has 24 heavy (non-hydrogen) atoms. The van der Waals surface area contributed by atoms with Gasteiger partial charge in [-0.05, 0) is 49.4 Å². The van der Waals surface area contributed by atoms with Crippen LogP contribution in [0.1, 0.15) is 59.8 Å². The van der Waals surface area contributed by atoms with Gasteiger partial charge in [-0.1, -0.05) is 38.8 Å². The monoisotopic (exact) mass is 336 g/mol. The smallest absolute Gasteiger partial charge is 0.198 e. The normalized spacial score (nSPS) is 53.5. The maximum atomic E-state index is 11.4. The molecule has 3 fully saturated rings. The molecular formula is C20H32O4. The van der Waals surface area contributed by atoms with E-state index in [1.165, 1.54) is 6.42 Å². The molecule has 4 nitrogen and oxygen atoms in total. The molecule has 0 aromatic heterocycles. The highest BCUT2D eigenvalue weighted by atomic mass is 16.7. The standard InChI is InChI=1S/C20H32O4/c1-11(2)12-5-6-18(3)7-8-19(4)14(16(12)18)9-15-13(10-21)17(22)20(19,23)24-15/h11,13-15,17,21-23H,5-10H2,1-4H3. The van der Waals surface area contributed by atoms with Gasteiger partial charge in [-0.3, -0.25) is 0 Å². The van der Waals surface area contributed by atoms with E-state index in [1.54, 1.807) is 11.1 Å². The second kappa shape index (κ2) is 5.06. The fourth-order valence-electron chi connectivity index (χ4n) is 6.43. The van der Waals surface area contributed by atoms with Crippen LogP contribution in [0.2, 0.25) is 0 Å². The van der Waals surface area contributed by atoms with E-state index in [4.69, 9.17) is 4.74 Å². The van der Waals surface area contributed by atoms with Crippen LogP contribution in [0.25, 0.3) is 0 Å². The number of ether oxygens (including phenoxy) is 1. The largest absolute Gasteiger partial charge is 0.396 e. The Kier molecular flexibility index (Phi) is 3.59. The molecule has 2 saturated heterocycles. The molecule has 3 N–H and O–H groups in total. The lowest BCUT2D eigenvalue weighted by Crippen LogP contribution is -2.62. The summed E-state index contributed by atoms with van der Waals surface area (Å²) < 4.78 is 5.97. The molecule has 7 atom stereocenters. The minimum Gasteiger partial charge on any atom is -0.396 e. The number of hydrogen-bond acceptors (Lipinski definition) is 4. The Bertz CT molecular complexity index is 584. The van der Waals surface area contributed by atoms with Gasteiger partial charge < -0.3 is 20.1 Å². The van der Waals surface area contributed by atoms with Crippen molar-refractivity contribution in [1.82, 2.24) is 0 Å². The van der Waals surface area contributed by atoms with Gasteiger partial charge in [0.1, 0.15) is 6.10 Å². The number of aliphatic hydroxyl groups is 3. The van der Waals surface area contributed by atoms with Crippen LogP contribution in [0.4, 0.5) is 0 Å². The van der Waals surface area contributed by atoms with Crippen molar-refractivity contribution < 1.29 is 20.1 Å². The van der Waals surface area contributed by atoms with E-state index < -0.39 is 17.3 Å². The Hall–Kier alpha value is -0.420. The van der Waals surface area contributed by atoms with Crippen LogP contribution in [0.15, 0.2) is 11.1 Å². The molecule has 7 unspecified atom stereocenters. The van der Waals surface area contributed by atoms with Crippen LogP contribution in [0, 0.1) is 28.6 Å². The first kappa shape index (κ1) is 17.0. The summed E-state index contributed by atoms with van der Waals surface area (Å²) in [7, 11) is 0. The molecule has 2 aliphatic heterocycles. The fraction of sp³-hybridized carbons (Fsp3) is 0.900. The predicted molar refractivity (Wildman–Crippen MR) is 91.1 cm³/mol. The minimum absolute atomic E-state index is 0.135. The van der Waals surface area contributed by atoms with Gasteiger partial charge in [0.05, 0.1) is 12.7 Å². The molecule has 4 aliphatic rings. The van der Waals surface area contributed by atoms with E-state index in [0.29, 0.717) is 5.92 Å². The average molecular weight is 336 g/mol. The van der Waals surface area contributed by atoms with Gasteiger partial charge in [-0.2, -0.15) is 0 Å². The lowest BCUT2D eigenvalue weighted by molar-refractivity contribution is -0.328. The highest BCUT2D eigenvalue weighted by molar-refractivity contribution is 5.37. The Labute approximate surface area is 144 Å². The van der Waals surface area contributed by atoms with E-state index >= 15 is 0 Å². The summed E-state index contributed by atoms with van der Waals surface area (Å²) in [5.74, 6) is -1.15. The number of allylic oxidation sites excluding steroid dienone is 2. The van der Waals surface area contributed by atoms with E-state index in [1.807, 2.05) is 0 Å². The van der Waals surface area contributed by atoms with Gasteiger partial charge in [0.25, 0.3) is 0 Å². The first-order valence-corrected chi connectivity index (χ1v) is 9.60. The Morgan fingerprint density at radius 1 is 1.21 bits per heavy atom. The van der Waals surface area contributed by atoms with Crippen LogP contribution in [-0.2, 0) is 4.74 Å². The first-order valence-electron chi connectivity index (χ1n) is 9.60. The molecule has 2 bridgehead atoms. The second-order valence-electron chi connectivity index (χ2n) is 9.50. The zero-order valence-electron chi connectivity index (χ0n) is 15.4. The average Bonchev–Trinajstić information content (AvgIpc) is 2.97.